The highest BCUT2D eigenvalue weighted by atomic mass is 19.1. The van der Waals surface area contributed by atoms with E-state index in [1.165, 1.54) is 25.2 Å². The maximum Gasteiger partial charge on any atom is 0.375 e. The van der Waals surface area contributed by atoms with Crippen LogP contribution < -0.4 is 0 Å². The molecule has 0 saturated heterocycles. The van der Waals surface area contributed by atoms with Gasteiger partial charge in [-0.2, -0.15) is 0 Å². The number of carboxylic acids is 1. The van der Waals surface area contributed by atoms with Crippen LogP contribution in [0.2, 0.25) is 0 Å². The van der Waals surface area contributed by atoms with Crippen molar-refractivity contribution in [1.82, 2.24) is 0 Å². The van der Waals surface area contributed by atoms with E-state index >= 15 is 4.39 Å². The van der Waals surface area contributed by atoms with E-state index in [-0.39, 0.29) is 25.0 Å². The minimum absolute atomic E-state index is 0.148. The number of halogens is 1. The molecule has 7 atom stereocenters. The summed E-state index contributed by atoms with van der Waals surface area (Å²) in [5.74, 6) is -4.79. The lowest BCUT2D eigenvalue weighted by molar-refractivity contribution is -0.244. The molecule has 0 aliphatic heterocycles. The second-order valence-corrected chi connectivity index (χ2v) is 9.44. The molecule has 0 aromatic heterocycles. The van der Waals surface area contributed by atoms with E-state index in [1.54, 1.807) is 6.92 Å². The fraction of sp³-hybridized carbons (Fsp3) is 0.667. The molecule has 3 saturated carbocycles. The first-order valence-electron chi connectivity index (χ1n) is 9.82. The summed E-state index contributed by atoms with van der Waals surface area (Å²) in [6.07, 6.45) is 2.02. The topological polar surface area (TPSA) is 132 Å². The number of carboxylic acid groups (broad SMARTS) is 1. The summed E-state index contributed by atoms with van der Waals surface area (Å²) < 4.78 is 16.7. The number of allylic oxidation sites excluding steroid dienone is 4. The van der Waals surface area contributed by atoms with Gasteiger partial charge in [0.2, 0.25) is 0 Å². The number of ketones is 2. The van der Waals surface area contributed by atoms with E-state index < -0.39 is 57.9 Å². The number of hydrogen-bond acceptors (Lipinski definition) is 6. The number of aliphatic hydroxyl groups excluding tert-OH is 1. The van der Waals surface area contributed by atoms with Gasteiger partial charge in [0, 0.05) is 23.2 Å². The predicted molar refractivity (Wildman–Crippen MR) is 97.4 cm³/mol. The number of hydrogen-bond donors (Lipinski definition) is 4. The Labute approximate surface area is 166 Å². The third kappa shape index (κ3) is 2.04. The van der Waals surface area contributed by atoms with Crippen molar-refractivity contribution in [2.45, 2.75) is 68.9 Å². The number of aliphatic hydroxyl groups is 3. The molecule has 0 bridgehead atoms. The minimum Gasteiger partial charge on any atom is -0.475 e. The van der Waals surface area contributed by atoms with Gasteiger partial charge in [-0.05, 0) is 44.8 Å². The lowest BCUT2D eigenvalue weighted by Crippen LogP contribution is -2.71. The normalized spacial score (nSPS) is 51.0. The second-order valence-electron chi connectivity index (χ2n) is 9.44. The molecule has 8 heteroatoms. The molecule has 1 unspecified atom stereocenters. The van der Waals surface area contributed by atoms with Gasteiger partial charge < -0.3 is 20.4 Å². The Morgan fingerprint density at radius 2 is 1.86 bits per heavy atom. The van der Waals surface area contributed by atoms with Gasteiger partial charge in [-0.15, -0.1) is 0 Å². The van der Waals surface area contributed by atoms with E-state index in [2.05, 4.69) is 0 Å². The zero-order valence-corrected chi connectivity index (χ0v) is 16.3. The highest BCUT2D eigenvalue weighted by molar-refractivity contribution is 6.36. The highest BCUT2D eigenvalue weighted by Crippen LogP contribution is 2.71. The molecule has 0 heterocycles. The zero-order chi connectivity index (χ0) is 21.6. The van der Waals surface area contributed by atoms with Crippen LogP contribution in [-0.4, -0.2) is 60.9 Å². The smallest absolute Gasteiger partial charge is 0.375 e. The molecule has 158 valence electrons. The van der Waals surface area contributed by atoms with Crippen LogP contribution in [0.15, 0.2) is 23.8 Å². The van der Waals surface area contributed by atoms with Crippen LogP contribution in [-0.2, 0) is 14.4 Å². The summed E-state index contributed by atoms with van der Waals surface area (Å²) >= 11 is 0. The summed E-state index contributed by atoms with van der Waals surface area (Å²) in [4.78, 5) is 35.5. The molecule has 4 aliphatic rings. The average Bonchev–Trinajstić information content (AvgIpc) is 2.80. The second kappa shape index (κ2) is 5.62. The molecule has 0 spiro atoms. The first-order chi connectivity index (χ1) is 13.3. The largest absolute Gasteiger partial charge is 0.475 e. The fourth-order valence-electron chi connectivity index (χ4n) is 6.70. The number of Topliss-reactive ketones (excluding diaryl/α,β-unsaturated/α-hetero) is 1. The summed E-state index contributed by atoms with van der Waals surface area (Å²) in [7, 11) is 0. The molecular formula is C21H25FO7. The van der Waals surface area contributed by atoms with E-state index in [0.29, 0.717) is 12.0 Å². The molecule has 0 amide bonds. The highest BCUT2D eigenvalue weighted by Gasteiger charge is 2.80. The minimum atomic E-state index is -2.72. The Bertz CT molecular complexity index is 895. The third-order valence-corrected chi connectivity index (χ3v) is 8.57. The monoisotopic (exact) mass is 408 g/mol. The first-order valence-corrected chi connectivity index (χ1v) is 9.82. The van der Waals surface area contributed by atoms with Gasteiger partial charge in [0.05, 0.1) is 11.7 Å². The Morgan fingerprint density at radius 3 is 2.48 bits per heavy atom. The van der Waals surface area contributed by atoms with Crippen LogP contribution in [0, 0.1) is 16.7 Å². The van der Waals surface area contributed by atoms with Crippen molar-refractivity contribution < 1.29 is 39.2 Å². The number of alkyl halides is 1. The van der Waals surface area contributed by atoms with E-state index in [4.69, 9.17) is 0 Å². The summed E-state index contributed by atoms with van der Waals surface area (Å²) in [5.41, 5.74) is -8.95. The van der Waals surface area contributed by atoms with E-state index in [0.717, 1.165) is 0 Å². The van der Waals surface area contributed by atoms with Crippen LogP contribution in [0.3, 0.4) is 0 Å². The van der Waals surface area contributed by atoms with Crippen LogP contribution in [0.5, 0.6) is 0 Å². The Balaban J connectivity index is 1.85. The molecule has 29 heavy (non-hydrogen) atoms. The number of carbonyl (C=O) groups is 3. The van der Waals surface area contributed by atoms with Gasteiger partial charge in [0.15, 0.2) is 11.4 Å². The predicted octanol–water partition coefficient (Wildman–Crippen LogP) is 0.857. The van der Waals surface area contributed by atoms with Crippen molar-refractivity contribution in [2.24, 2.45) is 16.7 Å². The van der Waals surface area contributed by atoms with Crippen LogP contribution in [0.1, 0.15) is 46.0 Å². The maximum atomic E-state index is 16.7. The van der Waals surface area contributed by atoms with Crippen molar-refractivity contribution in [1.29, 1.82) is 0 Å². The average molecular weight is 408 g/mol. The molecule has 0 aromatic rings. The number of aliphatic carboxylic acids is 1. The zero-order valence-electron chi connectivity index (χ0n) is 16.3. The first kappa shape index (κ1) is 20.4. The summed E-state index contributed by atoms with van der Waals surface area (Å²) in [6.45, 7) is 3.03. The summed E-state index contributed by atoms with van der Waals surface area (Å²) in [6, 6.07) is 0. The van der Waals surface area contributed by atoms with Crippen molar-refractivity contribution >= 4 is 17.5 Å². The SMILES string of the molecule is C[C@]12C=CC(=O)C=C1CC[C@H]1C3(O)C[C@@H](O)[C@](O)(C(=O)C(=O)O)[C@@]3(C)CC[C@@]12F. The van der Waals surface area contributed by atoms with Gasteiger partial charge in [-0.3, -0.25) is 9.59 Å². The maximum absolute atomic E-state index is 16.7. The summed E-state index contributed by atoms with van der Waals surface area (Å²) in [5, 5.41) is 42.5. The van der Waals surface area contributed by atoms with E-state index in [1.807, 2.05) is 0 Å². The van der Waals surface area contributed by atoms with Gasteiger partial charge in [-0.1, -0.05) is 18.6 Å². The Hall–Kier alpha value is -1.90. The number of carbonyl (C=O) groups excluding carboxylic acids is 2. The van der Waals surface area contributed by atoms with Crippen LogP contribution in [0.4, 0.5) is 4.39 Å². The van der Waals surface area contributed by atoms with Crippen molar-refractivity contribution in [3.63, 3.8) is 0 Å². The van der Waals surface area contributed by atoms with Crippen molar-refractivity contribution in [3.05, 3.63) is 23.8 Å². The Kier molecular flexibility index (Phi) is 3.95. The molecular weight excluding hydrogens is 383 g/mol. The standard InChI is InChI=1S/C21H25FO7/c1-17-6-5-12(23)9-11(17)3-4-13-19(17,22)8-7-18(2)20(13,28)10-14(24)21(18,29)15(25)16(26)27/h5-6,9,13-14,24,28-29H,3-4,7-8,10H2,1-2H3,(H,26,27)/t13-,14-,17+,18+,19-,20?,21+/m1/s1. The molecule has 7 nitrogen and oxygen atoms in total. The molecule has 0 radical (unpaired) electrons. The molecule has 0 aromatic carbocycles. The molecule has 4 N–H and O–H groups in total. The van der Waals surface area contributed by atoms with Gasteiger partial charge in [0.1, 0.15) is 5.67 Å². The van der Waals surface area contributed by atoms with E-state index in [9.17, 15) is 34.8 Å². The molecule has 4 aliphatic carbocycles. The lowest BCUT2D eigenvalue weighted by Gasteiger charge is -2.63. The number of rotatable bonds is 2. The van der Waals surface area contributed by atoms with Gasteiger partial charge in [0.25, 0.3) is 5.78 Å². The Morgan fingerprint density at radius 1 is 1.21 bits per heavy atom. The van der Waals surface area contributed by atoms with Crippen molar-refractivity contribution in [3.8, 4) is 0 Å². The number of fused-ring (bicyclic) bond motifs is 5. The van der Waals surface area contributed by atoms with Gasteiger partial charge >= 0.3 is 5.97 Å². The van der Waals surface area contributed by atoms with Crippen molar-refractivity contribution in [2.75, 3.05) is 0 Å². The quantitative estimate of drug-likeness (QED) is 0.498. The molecule has 3 fully saturated rings. The third-order valence-electron chi connectivity index (χ3n) is 8.57. The van der Waals surface area contributed by atoms with Gasteiger partial charge in [-0.25, -0.2) is 9.18 Å². The molecule has 4 rings (SSSR count). The lowest BCUT2D eigenvalue weighted by atomic mass is 9.44. The van der Waals surface area contributed by atoms with Crippen LogP contribution >= 0.6 is 0 Å². The van der Waals surface area contributed by atoms with Crippen LogP contribution in [0.25, 0.3) is 0 Å². The fourth-order valence-corrected chi connectivity index (χ4v) is 6.70.